The Bertz CT molecular complexity index is 2400. The van der Waals surface area contributed by atoms with Gasteiger partial charge in [-0.2, -0.15) is 46.2 Å². The summed E-state index contributed by atoms with van der Waals surface area (Å²) < 4.78 is 123. The zero-order valence-electron chi connectivity index (χ0n) is 54.6. The van der Waals surface area contributed by atoms with Crippen LogP contribution in [-0.4, -0.2) is 56.3 Å². The largest absolute Gasteiger partial charge is 0.502 e. The van der Waals surface area contributed by atoms with Gasteiger partial charge in [0.25, 0.3) is 11.4 Å². The van der Waals surface area contributed by atoms with Crippen LogP contribution in [0.3, 0.4) is 0 Å². The number of benzene rings is 3. The predicted molar refractivity (Wildman–Crippen MR) is 359 cm³/mol. The van der Waals surface area contributed by atoms with Crippen molar-refractivity contribution in [2.24, 2.45) is 5.92 Å². The number of halogens is 14. The van der Waals surface area contributed by atoms with E-state index in [1.165, 1.54) is 46.3 Å². The minimum absolute atomic E-state index is 0.0354. The maximum absolute atomic E-state index is 11.7. The second-order valence-corrected chi connectivity index (χ2v) is 27.7. The number of unbranched alkanes of at least 4 members (excludes halogenated alkanes) is 3. The van der Waals surface area contributed by atoms with Crippen LogP contribution in [0, 0.1) is 12.6 Å². The summed E-state index contributed by atoms with van der Waals surface area (Å²) >= 11 is 11.3. The summed E-state index contributed by atoms with van der Waals surface area (Å²) in [4.78, 5) is 16.7. The smallest absolute Gasteiger partial charge is 0.317 e. The van der Waals surface area contributed by atoms with Crippen LogP contribution in [0.1, 0.15) is 194 Å². The maximum atomic E-state index is 11.7. The van der Waals surface area contributed by atoms with Crippen LogP contribution in [0.5, 0.6) is 5.75 Å². The number of hydrogen-bond acceptors (Lipinski definition) is 8. The van der Waals surface area contributed by atoms with Gasteiger partial charge in [0.2, 0.25) is 5.29 Å². The minimum Gasteiger partial charge on any atom is -0.502 e. The SMILES string of the molecule is C=C(F)Cl.C=C(F)F.C=COCCCC.CC(C)COC(=O)Nc1ccc(OC(C)C)c([CH]=[Ru]([Cl])[Cl])c1.CC(C)c1cccc(C(C)C)c1N1[CH-]N(c2c(C(C)C)cccc2C(C)C)CC1.CCCCOC=C(F)Cl.CCCCOC=C(F)F.FC(F)=C(F)Cl. The van der Waals surface area contributed by atoms with Crippen molar-refractivity contribution in [3.05, 3.63) is 162 Å². The molecule has 518 valence electrons. The molecule has 1 saturated heterocycles. The molecule has 0 saturated carbocycles. The van der Waals surface area contributed by atoms with Gasteiger partial charge in [-0.15, -0.1) is 0 Å². The van der Waals surface area contributed by atoms with Gasteiger partial charge in [0.15, 0.2) is 5.29 Å². The fourth-order valence-corrected chi connectivity index (χ4v) is 8.93. The van der Waals surface area contributed by atoms with E-state index in [4.69, 9.17) is 45.2 Å². The van der Waals surface area contributed by atoms with Gasteiger partial charge in [-0.3, -0.25) is 0 Å². The van der Waals surface area contributed by atoms with Gasteiger partial charge in [0.1, 0.15) is 12.5 Å². The maximum Gasteiger partial charge on any atom is 0.317 e. The van der Waals surface area contributed by atoms with Crippen molar-refractivity contribution in [1.82, 2.24) is 0 Å². The third-order valence-corrected chi connectivity index (χ3v) is 13.0. The minimum atomic E-state index is -2.48. The van der Waals surface area contributed by atoms with Crippen LogP contribution in [0.25, 0.3) is 0 Å². The Balaban J connectivity index is -0.000000529. The Morgan fingerprint density at radius 3 is 1.32 bits per heavy atom. The van der Waals surface area contributed by atoms with Gasteiger partial charge in [-0.25, -0.2) is 0 Å². The van der Waals surface area contributed by atoms with Crippen LogP contribution in [-0.2, 0) is 32.5 Å². The number of carbonyl (C=O) groups excluding carboxylic acids is 1. The Hall–Kier alpha value is -4.52. The molecule has 4 rings (SSSR count). The Labute approximate surface area is 560 Å². The molecule has 0 spiro atoms. The van der Waals surface area contributed by atoms with E-state index in [1.807, 2.05) is 41.5 Å². The quantitative estimate of drug-likeness (QED) is 0.0312. The second-order valence-electron chi connectivity index (χ2n) is 20.9. The number of anilines is 3. The van der Waals surface area contributed by atoms with Crippen LogP contribution in [0.2, 0.25) is 0 Å². The molecule has 0 atom stereocenters. The molecule has 1 N–H and O–H groups in total. The van der Waals surface area contributed by atoms with E-state index in [2.05, 4.69) is 173 Å². The standard InChI is InChI=1S/C27H39N2.C15H21NO3.C6H10ClFO.C6H10F2O.C6H12O.C2ClF3.C2H2ClF.C2H2F2.2ClH.Ru/c1-18(2)22-11-9-12-23(19(3)4)26(22)28-15-16-29(17-28)27-24(20(5)6)13-10-14-25(27)21(7)8;1-10(2)9-18-15(17)16-13-6-7-14(12(5)8-13)19-11(3)4;2*1-2-3-4-9-5-6(7)8;1-3-5-6-7-4-2;3-1(4)2(5)6;2*1-2(3)4;;;/h9-14,17-21H,15-16H2,1-8H3;5-8,10-11H,9H2,1-4H3,(H,16,17);2*5H,2-4H2,1H3;4H,2-3,5-6H2,1H3;;2*1H2;2*1H;/q-1;;;;;;;;;;+2/p-2. The number of nitrogens with zero attached hydrogens (tertiary/aromatic N) is 2. The summed E-state index contributed by atoms with van der Waals surface area (Å²) in [6.07, 6.45) is 2.42. The topological polar surface area (TPSA) is 81.7 Å². The van der Waals surface area contributed by atoms with Gasteiger partial charge in [-0.1, -0.05) is 157 Å². The van der Waals surface area contributed by atoms with E-state index in [1.54, 1.807) is 22.8 Å². The summed E-state index contributed by atoms with van der Waals surface area (Å²) in [7, 11) is 11.9. The Morgan fingerprint density at radius 2 is 1.02 bits per heavy atom. The van der Waals surface area contributed by atoms with Gasteiger partial charge < -0.3 is 24.0 Å². The third-order valence-electron chi connectivity index (χ3n) is 10.9. The molecule has 24 heteroatoms. The molecule has 0 radical (unpaired) electrons. The van der Waals surface area contributed by atoms with E-state index in [9.17, 15) is 44.3 Å². The average molecular weight is 1480 g/mol. The molecule has 3 aromatic rings. The summed E-state index contributed by atoms with van der Waals surface area (Å²) in [6, 6.07) is 19.0. The second kappa shape index (κ2) is 56.1. The van der Waals surface area contributed by atoms with E-state index in [0.29, 0.717) is 61.2 Å². The fraction of sp³-hybridized carbons (Fsp3) is 0.500. The van der Waals surface area contributed by atoms with Gasteiger partial charge in [-0.05, 0) is 95.0 Å². The van der Waals surface area contributed by atoms with Crippen LogP contribution in [0.4, 0.5) is 61.4 Å². The molecule has 90 heavy (non-hydrogen) atoms. The molecule has 0 unspecified atom stereocenters. The van der Waals surface area contributed by atoms with E-state index in [-0.39, 0.29) is 12.0 Å². The Kier molecular flexibility index (Phi) is 57.2. The first-order valence-electron chi connectivity index (χ1n) is 29.1. The van der Waals surface area contributed by atoms with Crippen LogP contribution in [0.15, 0.2) is 127 Å². The molecule has 3 aromatic carbocycles. The molecule has 1 aliphatic rings. The van der Waals surface area contributed by atoms with Crippen molar-refractivity contribution in [3.8, 4) is 5.75 Å². The van der Waals surface area contributed by atoms with Crippen LogP contribution >= 0.6 is 54.2 Å². The number of ether oxygens (including phenoxy) is 5. The first-order chi connectivity index (χ1) is 42.1. The number of rotatable bonds is 24. The summed E-state index contributed by atoms with van der Waals surface area (Å²) in [5.41, 5.74) is 10.1. The van der Waals surface area contributed by atoms with Crippen molar-refractivity contribution < 1.29 is 81.5 Å². The van der Waals surface area contributed by atoms with Crippen molar-refractivity contribution >= 4 is 81.9 Å². The number of para-hydroxylation sites is 2. The number of amides is 1. The summed E-state index contributed by atoms with van der Waals surface area (Å²) in [5.74, 6) is 3.04. The first-order valence-corrected chi connectivity index (χ1v) is 35.7. The van der Waals surface area contributed by atoms with Crippen molar-refractivity contribution in [1.29, 1.82) is 0 Å². The zero-order valence-corrected chi connectivity index (χ0v) is 60.2. The Morgan fingerprint density at radius 1 is 0.644 bits per heavy atom. The van der Waals surface area contributed by atoms with Gasteiger partial charge >= 0.3 is 157 Å². The molecule has 0 bridgehead atoms. The monoisotopic (exact) mass is 1470 g/mol. The molecule has 9 nitrogen and oxygen atoms in total. The molecule has 1 aliphatic heterocycles. The molecular weight excluding hydrogens is 1380 g/mol. The van der Waals surface area contributed by atoms with Gasteiger partial charge in [0.05, 0.1) is 26.1 Å². The van der Waals surface area contributed by atoms with E-state index in [0.717, 1.165) is 63.6 Å². The predicted octanol–water partition coefficient (Wildman–Crippen LogP) is 25.0. The van der Waals surface area contributed by atoms with E-state index >= 15 is 0 Å². The molecular formula is C66H96Cl5F9N3O6Ru-. The van der Waals surface area contributed by atoms with Crippen molar-refractivity contribution in [2.75, 3.05) is 54.6 Å². The summed E-state index contributed by atoms with van der Waals surface area (Å²) in [6.45, 7) is 47.3. The number of nitrogens with one attached hydrogen (secondary N) is 1. The third kappa shape index (κ3) is 50.1. The molecule has 1 amide bonds. The average Bonchev–Trinajstić information content (AvgIpc) is 1.57. The summed E-state index contributed by atoms with van der Waals surface area (Å²) in [5, 5.41) is -0.912. The number of hydrogen-bond donors (Lipinski definition) is 1. The first kappa shape index (κ1) is 91.9. The normalized spacial score (nSPS) is 11.4. The molecule has 1 heterocycles. The molecule has 0 aliphatic carbocycles. The van der Waals surface area contributed by atoms with Crippen molar-refractivity contribution in [2.45, 2.75) is 172 Å². The van der Waals surface area contributed by atoms with Crippen LogP contribution < -0.4 is 19.9 Å². The van der Waals surface area contributed by atoms with E-state index < -0.39 is 53.7 Å². The fourth-order valence-electron chi connectivity index (χ4n) is 7.08. The molecule has 1 fully saturated rings. The zero-order chi connectivity index (χ0) is 70.1. The van der Waals surface area contributed by atoms with Gasteiger partial charge in [0, 0.05) is 24.5 Å². The van der Waals surface area contributed by atoms with Crippen molar-refractivity contribution in [3.63, 3.8) is 0 Å². The molecule has 0 aromatic heterocycles. The number of carbonyl (C=O) groups is 1.